The highest BCUT2D eigenvalue weighted by atomic mass is 16.2. The molecule has 3 amide bonds. The van der Waals surface area contributed by atoms with Crippen molar-refractivity contribution in [3.63, 3.8) is 0 Å². The Morgan fingerprint density at radius 1 is 1.10 bits per heavy atom. The molecular weight excluding hydrogens is 494 g/mol. The number of hydrogen-bond donors (Lipinski definition) is 5. The number of nitrogens with one attached hydrogen (secondary N) is 3. The lowest BCUT2D eigenvalue weighted by atomic mass is 9.67. The van der Waals surface area contributed by atoms with Crippen LogP contribution in [0.1, 0.15) is 69.2 Å². The molecule has 0 radical (unpaired) electrons. The van der Waals surface area contributed by atoms with Crippen LogP contribution < -0.4 is 22.1 Å². The molecule has 2 aromatic carbocycles. The Hall–Kier alpha value is -4.23. The second kappa shape index (κ2) is 11.3. The predicted octanol–water partition coefficient (Wildman–Crippen LogP) is 1.35. The lowest BCUT2D eigenvalue weighted by Crippen LogP contribution is -2.50. The standard InChI is InChI=1S/C29H35N7O3/c1-17(35-16-25(37)36-11-3-4-22(36)15-30)14-29(28(33)34-2)23-9-7-20(26(31)38)12-18(23)5-6-19-13-21(27(32)39)8-10-24(19)29/h7-10,12-13,17,22,35H,3-6,11,14,16H2,1-2H3,(H2,31,38)(H2,32,39)(H2,33,34)/t17-,22+/m1/s1. The van der Waals surface area contributed by atoms with Crippen LogP contribution in [0.2, 0.25) is 0 Å². The van der Waals surface area contributed by atoms with Crippen LogP contribution in [0, 0.1) is 16.7 Å². The Morgan fingerprint density at radius 2 is 1.67 bits per heavy atom. The van der Waals surface area contributed by atoms with Gasteiger partial charge in [0.05, 0.1) is 18.0 Å². The van der Waals surface area contributed by atoms with Crippen LogP contribution in [0.15, 0.2) is 36.4 Å². The third-order valence-corrected chi connectivity index (χ3v) is 7.98. The van der Waals surface area contributed by atoms with E-state index in [2.05, 4.69) is 16.7 Å². The third-order valence-electron chi connectivity index (χ3n) is 7.98. The van der Waals surface area contributed by atoms with Gasteiger partial charge in [0.2, 0.25) is 17.7 Å². The maximum absolute atomic E-state index is 12.9. The van der Waals surface area contributed by atoms with Crippen molar-refractivity contribution in [2.24, 2.45) is 11.5 Å². The van der Waals surface area contributed by atoms with Crippen molar-refractivity contribution in [1.29, 1.82) is 10.7 Å². The molecule has 0 saturated carbocycles. The quantitative estimate of drug-likeness (QED) is 0.254. The van der Waals surface area contributed by atoms with Crippen LogP contribution in [0.4, 0.5) is 0 Å². The molecule has 1 fully saturated rings. The monoisotopic (exact) mass is 529 g/mol. The van der Waals surface area contributed by atoms with Gasteiger partial charge in [-0.15, -0.1) is 0 Å². The average molecular weight is 530 g/mol. The highest BCUT2D eigenvalue weighted by molar-refractivity contribution is 5.98. The van der Waals surface area contributed by atoms with E-state index >= 15 is 0 Å². The number of carbonyl (C=O) groups excluding carboxylic acids is 3. The number of hydrogen-bond acceptors (Lipinski definition) is 6. The van der Waals surface area contributed by atoms with Gasteiger partial charge >= 0.3 is 0 Å². The summed E-state index contributed by atoms with van der Waals surface area (Å²) in [6, 6.07) is 12.2. The normalized spacial score (nSPS) is 18.2. The van der Waals surface area contributed by atoms with E-state index in [1.54, 1.807) is 36.2 Å². The Balaban J connectivity index is 1.77. The van der Waals surface area contributed by atoms with Gasteiger partial charge in [0.25, 0.3) is 0 Å². The summed E-state index contributed by atoms with van der Waals surface area (Å²) in [6.07, 6.45) is 3.07. The molecule has 1 saturated heterocycles. The summed E-state index contributed by atoms with van der Waals surface area (Å²) in [5.41, 5.74) is 14.5. The number of nitrogens with zero attached hydrogens (tertiary/aromatic N) is 2. The Labute approximate surface area is 228 Å². The average Bonchev–Trinajstić information content (AvgIpc) is 3.37. The maximum Gasteiger partial charge on any atom is 0.248 e. The van der Waals surface area contributed by atoms with E-state index in [-0.39, 0.29) is 24.3 Å². The molecular formula is C29H35N7O3. The molecule has 10 heteroatoms. The number of rotatable bonds is 8. The second-order valence-electron chi connectivity index (χ2n) is 10.4. The summed E-state index contributed by atoms with van der Waals surface area (Å²) in [7, 11) is 1.70. The number of primary amides is 2. The number of likely N-dealkylation sites (tertiary alicyclic amines) is 1. The molecule has 7 N–H and O–H groups in total. The van der Waals surface area contributed by atoms with Crippen molar-refractivity contribution in [2.75, 3.05) is 20.1 Å². The van der Waals surface area contributed by atoms with E-state index in [4.69, 9.17) is 11.5 Å². The maximum atomic E-state index is 12.9. The minimum absolute atomic E-state index is 0.0727. The molecule has 10 nitrogen and oxygen atoms in total. The minimum Gasteiger partial charge on any atom is -0.376 e. The number of aryl methyl sites for hydroxylation is 2. The van der Waals surface area contributed by atoms with Crippen LogP contribution in [-0.2, 0) is 23.1 Å². The van der Waals surface area contributed by atoms with Crippen LogP contribution in [0.25, 0.3) is 0 Å². The molecule has 0 bridgehead atoms. The fourth-order valence-corrected chi connectivity index (χ4v) is 6.05. The molecule has 0 spiro atoms. The van der Waals surface area contributed by atoms with Crippen LogP contribution in [0.3, 0.4) is 0 Å². The zero-order chi connectivity index (χ0) is 28.3. The fraction of sp³-hybridized carbons (Fsp3) is 0.414. The van der Waals surface area contributed by atoms with Crippen molar-refractivity contribution in [1.82, 2.24) is 15.5 Å². The molecule has 204 valence electrons. The summed E-state index contributed by atoms with van der Waals surface area (Å²) >= 11 is 0. The van der Waals surface area contributed by atoms with E-state index < -0.39 is 23.3 Å². The number of nitrogens with two attached hydrogens (primary N) is 2. The van der Waals surface area contributed by atoms with Gasteiger partial charge in [0, 0.05) is 30.8 Å². The van der Waals surface area contributed by atoms with E-state index in [1.807, 2.05) is 19.1 Å². The first kappa shape index (κ1) is 27.8. The van der Waals surface area contributed by atoms with Gasteiger partial charge in [0.1, 0.15) is 11.9 Å². The molecule has 2 aliphatic rings. The van der Waals surface area contributed by atoms with Gasteiger partial charge in [-0.05, 0) is 85.5 Å². The first-order chi connectivity index (χ1) is 18.6. The van der Waals surface area contributed by atoms with E-state index in [0.717, 1.165) is 28.7 Å². The number of likely N-dealkylation sites (N-methyl/N-ethyl adjacent to an activating group) is 1. The summed E-state index contributed by atoms with van der Waals surface area (Å²) in [6.45, 7) is 2.61. The van der Waals surface area contributed by atoms with Crippen LogP contribution >= 0.6 is 0 Å². The van der Waals surface area contributed by atoms with Crippen molar-refractivity contribution in [3.05, 3.63) is 69.8 Å². The van der Waals surface area contributed by atoms with Crippen molar-refractivity contribution in [2.45, 2.75) is 56.5 Å². The van der Waals surface area contributed by atoms with Crippen LogP contribution in [-0.4, -0.2) is 60.7 Å². The summed E-state index contributed by atoms with van der Waals surface area (Å²) in [5.74, 6) is -0.941. The Kier molecular flexibility index (Phi) is 8.02. The van der Waals surface area contributed by atoms with Crippen molar-refractivity contribution < 1.29 is 14.4 Å². The second-order valence-corrected chi connectivity index (χ2v) is 10.4. The van der Waals surface area contributed by atoms with Crippen LogP contribution in [0.5, 0.6) is 0 Å². The minimum atomic E-state index is -0.972. The topological polar surface area (TPSA) is 178 Å². The molecule has 0 unspecified atom stereocenters. The van der Waals surface area contributed by atoms with E-state index in [1.165, 1.54) is 0 Å². The summed E-state index contributed by atoms with van der Waals surface area (Å²) < 4.78 is 0. The lowest BCUT2D eigenvalue weighted by molar-refractivity contribution is -0.130. The zero-order valence-electron chi connectivity index (χ0n) is 22.3. The molecule has 1 aliphatic heterocycles. The molecule has 1 aliphatic carbocycles. The smallest absolute Gasteiger partial charge is 0.248 e. The number of nitriles is 1. The SMILES string of the molecule is CNC(=N)C1(C[C@@H](C)NCC(=O)N2CCC[C@H]2C#N)c2ccc(C(N)=O)cc2CCc2cc(C(N)=O)ccc21. The van der Waals surface area contributed by atoms with Gasteiger partial charge in [-0.1, -0.05) is 12.1 Å². The van der Waals surface area contributed by atoms with Gasteiger partial charge < -0.3 is 27.0 Å². The number of carbonyl (C=O) groups is 3. The molecule has 0 aromatic heterocycles. The summed E-state index contributed by atoms with van der Waals surface area (Å²) in [5, 5.41) is 24.9. The van der Waals surface area contributed by atoms with Crippen molar-refractivity contribution in [3.8, 4) is 6.07 Å². The molecule has 1 heterocycles. The Bertz CT molecular complexity index is 1300. The molecule has 2 atom stereocenters. The van der Waals surface area contributed by atoms with Gasteiger partial charge in [0.15, 0.2) is 0 Å². The lowest BCUT2D eigenvalue weighted by Gasteiger charge is -2.39. The highest BCUT2D eigenvalue weighted by Gasteiger charge is 2.44. The predicted molar refractivity (Wildman–Crippen MR) is 147 cm³/mol. The number of amidine groups is 1. The molecule has 4 rings (SSSR count). The number of benzene rings is 2. The fourth-order valence-electron chi connectivity index (χ4n) is 6.05. The number of fused-ring (bicyclic) bond motifs is 2. The van der Waals surface area contributed by atoms with Gasteiger partial charge in [-0.2, -0.15) is 5.26 Å². The number of amides is 3. The van der Waals surface area contributed by atoms with E-state index in [9.17, 15) is 25.1 Å². The largest absolute Gasteiger partial charge is 0.376 e. The zero-order valence-corrected chi connectivity index (χ0v) is 22.3. The van der Waals surface area contributed by atoms with Gasteiger partial charge in [-0.3, -0.25) is 19.8 Å². The molecule has 39 heavy (non-hydrogen) atoms. The van der Waals surface area contributed by atoms with E-state index in [0.29, 0.717) is 43.4 Å². The first-order valence-electron chi connectivity index (χ1n) is 13.2. The highest BCUT2D eigenvalue weighted by Crippen LogP contribution is 2.44. The molecule has 2 aromatic rings. The van der Waals surface area contributed by atoms with Crippen molar-refractivity contribution >= 4 is 23.6 Å². The van der Waals surface area contributed by atoms with Gasteiger partial charge in [-0.25, -0.2) is 0 Å². The first-order valence-corrected chi connectivity index (χ1v) is 13.2. The summed E-state index contributed by atoms with van der Waals surface area (Å²) in [4.78, 5) is 38.5. The Morgan fingerprint density at radius 3 is 2.15 bits per heavy atom. The third kappa shape index (κ3) is 5.22.